The Balaban J connectivity index is 2.97. The molecule has 0 saturated heterocycles. The smallest absolute Gasteiger partial charge is 0.0292 e. The van der Waals surface area contributed by atoms with Gasteiger partial charge in [0.2, 0.25) is 0 Å². The van der Waals surface area contributed by atoms with E-state index in [4.69, 9.17) is 12.1 Å². The van der Waals surface area contributed by atoms with E-state index < -0.39 is 0 Å². The Labute approximate surface area is 42.3 Å². The summed E-state index contributed by atoms with van der Waals surface area (Å²) in [5.41, 5.74) is 7.70. The van der Waals surface area contributed by atoms with Gasteiger partial charge in [-0.1, -0.05) is 17.8 Å². The molecule has 0 spiro atoms. The van der Waals surface area contributed by atoms with Crippen molar-refractivity contribution in [3.8, 4) is 0 Å². The van der Waals surface area contributed by atoms with Gasteiger partial charge in [-0.15, -0.1) is 0 Å². The highest BCUT2D eigenvalue weighted by Gasteiger charge is 1.69. The molecule has 0 aliphatic carbocycles. The molecule has 0 bridgehead atoms. The molecule has 0 unspecified atom stereocenters. The zero-order valence-corrected chi connectivity index (χ0v) is 3.91. The lowest BCUT2D eigenvalue weighted by Crippen LogP contribution is -1.68. The largest absolute Gasteiger partial charge is 0.0937 e. The molecule has 7 heavy (non-hydrogen) atoms. The van der Waals surface area contributed by atoms with Crippen LogP contribution in [0.2, 0.25) is 0 Å². The van der Waals surface area contributed by atoms with Crippen molar-refractivity contribution in [1.82, 2.24) is 0 Å². The van der Waals surface area contributed by atoms with Gasteiger partial charge in [-0.05, 0) is 12.0 Å². The summed E-state index contributed by atoms with van der Waals surface area (Å²) in [5, 5.41) is 3.23. The van der Waals surface area contributed by atoms with Crippen molar-refractivity contribution in [2.75, 3.05) is 6.54 Å². The van der Waals surface area contributed by atoms with Crippen LogP contribution in [0.1, 0.15) is 6.42 Å². The lowest BCUT2D eigenvalue weighted by atomic mass is 10.4. The molecule has 0 aliphatic rings. The van der Waals surface area contributed by atoms with Crippen molar-refractivity contribution in [2.45, 2.75) is 6.42 Å². The van der Waals surface area contributed by atoms with E-state index in [2.05, 4.69) is 10.0 Å². The predicted octanol–water partition coefficient (Wildman–Crippen LogP) is 1.68. The molecule has 37 valence electrons. The van der Waals surface area contributed by atoms with Crippen molar-refractivity contribution < 1.29 is 0 Å². The van der Waals surface area contributed by atoms with E-state index in [9.17, 15) is 0 Å². The second kappa shape index (κ2) is 5.05. The summed E-state index contributed by atoms with van der Waals surface area (Å²) in [7, 11) is 0. The van der Waals surface area contributed by atoms with Gasteiger partial charge in [0.05, 0.1) is 0 Å². The van der Waals surface area contributed by atoms with Crippen molar-refractivity contribution in [1.29, 1.82) is 0 Å². The van der Waals surface area contributed by atoms with Crippen molar-refractivity contribution in [3.63, 3.8) is 0 Å². The highest BCUT2D eigenvalue weighted by Crippen LogP contribution is 1.78. The average molecular weight is 96.1 g/mol. The van der Waals surface area contributed by atoms with E-state index in [1.807, 2.05) is 0 Å². The second-order valence-corrected chi connectivity index (χ2v) is 0.979. The molecule has 0 rings (SSSR count). The summed E-state index contributed by atoms with van der Waals surface area (Å²) < 4.78 is 0. The van der Waals surface area contributed by atoms with E-state index in [-0.39, 0.29) is 0 Å². The first-order chi connectivity index (χ1) is 3.41. The molecule has 0 aromatic heterocycles. The molecular formula is C4H6N3. The zero-order chi connectivity index (χ0) is 5.54. The number of hydrogen-bond donors (Lipinski definition) is 0. The molecular weight excluding hydrogens is 90.1 g/mol. The molecule has 0 saturated carbocycles. The Morgan fingerprint density at radius 3 is 3.00 bits per heavy atom. The molecule has 0 amide bonds. The van der Waals surface area contributed by atoms with Crippen LogP contribution in [0.25, 0.3) is 10.4 Å². The minimum atomic E-state index is 0.465. The summed E-state index contributed by atoms with van der Waals surface area (Å²) >= 11 is 0. The third-order valence-electron chi connectivity index (χ3n) is 0.459. The van der Waals surface area contributed by atoms with Gasteiger partial charge in [0, 0.05) is 11.5 Å². The summed E-state index contributed by atoms with van der Waals surface area (Å²) in [6, 6.07) is 0. The minimum absolute atomic E-state index is 0.465. The molecule has 0 heterocycles. The first-order valence-corrected chi connectivity index (χ1v) is 1.96. The fourth-order valence-corrected chi connectivity index (χ4v) is 0.177. The number of hydrogen-bond acceptors (Lipinski definition) is 1. The van der Waals surface area contributed by atoms with E-state index in [0.29, 0.717) is 13.0 Å². The maximum Gasteiger partial charge on any atom is 0.0292 e. The lowest BCUT2D eigenvalue weighted by Gasteiger charge is -1.75. The predicted molar refractivity (Wildman–Crippen MR) is 27.5 cm³/mol. The van der Waals surface area contributed by atoms with Crippen LogP contribution >= 0.6 is 0 Å². The average Bonchev–Trinajstić information content (AvgIpc) is 1.69. The maximum absolute atomic E-state index is 7.70. The van der Waals surface area contributed by atoms with Crippen LogP contribution in [0.4, 0.5) is 0 Å². The molecule has 3 heteroatoms. The molecule has 0 aromatic carbocycles. The Morgan fingerprint density at radius 1 is 1.86 bits per heavy atom. The summed E-state index contributed by atoms with van der Waals surface area (Å²) in [6.45, 7) is 5.43. The molecule has 0 fully saturated rings. The fourth-order valence-electron chi connectivity index (χ4n) is 0.177. The maximum atomic E-state index is 7.70. The van der Waals surface area contributed by atoms with Crippen molar-refractivity contribution in [3.05, 3.63) is 23.1 Å². The highest BCUT2D eigenvalue weighted by atomic mass is 15.1. The van der Waals surface area contributed by atoms with Crippen molar-refractivity contribution >= 4 is 0 Å². The van der Waals surface area contributed by atoms with Gasteiger partial charge in [-0.3, -0.25) is 0 Å². The first kappa shape index (κ1) is 6.05. The Kier molecular flexibility index (Phi) is 4.36. The molecule has 1 radical (unpaired) electrons. The van der Waals surface area contributed by atoms with Gasteiger partial charge in [0.1, 0.15) is 0 Å². The first-order valence-electron chi connectivity index (χ1n) is 1.96. The molecule has 0 atom stereocenters. The Morgan fingerprint density at radius 2 is 2.57 bits per heavy atom. The van der Waals surface area contributed by atoms with Crippen LogP contribution in [-0.4, -0.2) is 6.54 Å². The Bertz CT molecular complexity index is 91.1. The van der Waals surface area contributed by atoms with E-state index in [1.54, 1.807) is 0 Å². The summed E-state index contributed by atoms with van der Waals surface area (Å²) in [6.07, 6.45) is 2.12. The van der Waals surface area contributed by atoms with Crippen LogP contribution < -0.4 is 0 Å². The van der Waals surface area contributed by atoms with E-state index in [1.165, 1.54) is 6.08 Å². The normalized spacial score (nSPS) is 6.86. The standard InChI is InChI=1S/C4H6N3/c1-2-3-4-6-7-5/h1-2H,3-4H2. The highest BCUT2D eigenvalue weighted by molar-refractivity contribution is 4.63. The molecule has 0 N–H and O–H groups in total. The van der Waals surface area contributed by atoms with Gasteiger partial charge < -0.3 is 0 Å². The molecule has 0 aromatic rings. The zero-order valence-electron chi connectivity index (χ0n) is 3.91. The van der Waals surface area contributed by atoms with Gasteiger partial charge in [-0.25, -0.2) is 0 Å². The third kappa shape index (κ3) is 5.05. The topological polar surface area (TPSA) is 48.8 Å². The van der Waals surface area contributed by atoms with Gasteiger partial charge in [0.25, 0.3) is 0 Å². The summed E-state index contributed by atoms with van der Waals surface area (Å²) in [5.74, 6) is 0. The molecule has 0 aliphatic heterocycles. The van der Waals surface area contributed by atoms with Gasteiger partial charge in [-0.2, -0.15) is 0 Å². The lowest BCUT2D eigenvalue weighted by molar-refractivity contribution is 0.993. The number of azide groups is 1. The van der Waals surface area contributed by atoms with Gasteiger partial charge >= 0.3 is 0 Å². The number of nitrogens with zero attached hydrogens (tertiary/aromatic N) is 3. The van der Waals surface area contributed by atoms with Crippen LogP contribution in [-0.2, 0) is 0 Å². The Hall–Kier alpha value is -0.950. The van der Waals surface area contributed by atoms with Crippen LogP contribution in [0.15, 0.2) is 11.2 Å². The SMILES string of the molecule is [CH]=CCCN=[N+]=[N-]. The monoisotopic (exact) mass is 96.1 g/mol. The summed E-state index contributed by atoms with van der Waals surface area (Å²) in [4.78, 5) is 2.52. The third-order valence-corrected chi connectivity index (χ3v) is 0.459. The van der Waals surface area contributed by atoms with E-state index in [0.717, 1.165) is 0 Å². The van der Waals surface area contributed by atoms with Crippen molar-refractivity contribution in [2.24, 2.45) is 5.11 Å². The molecule has 3 nitrogen and oxygen atoms in total. The minimum Gasteiger partial charge on any atom is -0.0937 e. The van der Waals surface area contributed by atoms with Crippen LogP contribution in [0.3, 0.4) is 0 Å². The van der Waals surface area contributed by atoms with Crippen LogP contribution in [0, 0.1) is 6.58 Å². The quantitative estimate of drug-likeness (QED) is 0.222. The second-order valence-electron chi connectivity index (χ2n) is 0.979. The van der Waals surface area contributed by atoms with E-state index >= 15 is 0 Å². The fraction of sp³-hybridized carbons (Fsp3) is 0.500. The number of rotatable bonds is 3. The van der Waals surface area contributed by atoms with Crippen LogP contribution in [0.5, 0.6) is 0 Å². The van der Waals surface area contributed by atoms with Gasteiger partial charge in [0.15, 0.2) is 0 Å².